The van der Waals surface area contributed by atoms with Crippen molar-refractivity contribution in [2.24, 2.45) is 0 Å². The molecule has 0 spiro atoms. The third kappa shape index (κ3) is 2.85. The fourth-order valence-electron chi connectivity index (χ4n) is 2.29. The lowest BCUT2D eigenvalue weighted by Crippen LogP contribution is -2.19. The van der Waals surface area contributed by atoms with E-state index in [2.05, 4.69) is 36.1 Å². The number of H-pyrrole nitrogens is 1. The summed E-state index contributed by atoms with van der Waals surface area (Å²) in [5.41, 5.74) is 1.21. The Morgan fingerprint density at radius 1 is 1.35 bits per heavy atom. The second kappa shape index (κ2) is 5.66. The number of nitrogens with zero attached hydrogens (tertiary/aromatic N) is 2. The Bertz CT molecular complexity index is 602. The number of halogens is 1. The number of anilines is 2. The summed E-state index contributed by atoms with van der Waals surface area (Å²) in [6.45, 7) is 2.13. The minimum absolute atomic E-state index is 0.175. The molecule has 1 aliphatic heterocycles. The van der Waals surface area contributed by atoms with Crippen LogP contribution in [-0.4, -0.2) is 29.0 Å². The van der Waals surface area contributed by atoms with Crippen LogP contribution in [0.5, 0.6) is 0 Å². The van der Waals surface area contributed by atoms with Gasteiger partial charge in [0.25, 0.3) is 5.91 Å². The maximum absolute atomic E-state index is 12.0. The van der Waals surface area contributed by atoms with Crippen molar-refractivity contribution < 1.29 is 4.79 Å². The molecular formula is C14H15BrN4O. The van der Waals surface area contributed by atoms with Crippen LogP contribution in [-0.2, 0) is 0 Å². The number of nitrogens with one attached hydrogen (secondary N) is 2. The number of pyridine rings is 1. The lowest BCUT2D eigenvalue weighted by Gasteiger charge is -2.16. The first-order chi connectivity index (χ1) is 9.72. The van der Waals surface area contributed by atoms with Gasteiger partial charge in [0.15, 0.2) is 0 Å². The molecule has 0 unspecified atom stereocenters. The van der Waals surface area contributed by atoms with E-state index in [0.29, 0.717) is 11.4 Å². The molecule has 3 rings (SSSR count). The number of amides is 1. The topological polar surface area (TPSA) is 61.0 Å². The molecule has 1 aliphatic rings. The number of carbonyl (C=O) groups is 1. The van der Waals surface area contributed by atoms with Gasteiger partial charge in [-0.05, 0) is 47.0 Å². The average Bonchev–Trinajstić information content (AvgIpc) is 3.10. The van der Waals surface area contributed by atoms with Gasteiger partial charge in [0.05, 0.1) is 11.9 Å². The summed E-state index contributed by atoms with van der Waals surface area (Å²) in [5, 5.41) is 2.82. The van der Waals surface area contributed by atoms with Crippen LogP contribution in [0.4, 0.5) is 11.5 Å². The van der Waals surface area contributed by atoms with Gasteiger partial charge in [-0.2, -0.15) is 0 Å². The molecule has 0 bridgehead atoms. The average molecular weight is 335 g/mol. The van der Waals surface area contributed by atoms with Gasteiger partial charge in [0.2, 0.25) is 0 Å². The van der Waals surface area contributed by atoms with Crippen LogP contribution in [0.1, 0.15) is 23.3 Å². The van der Waals surface area contributed by atoms with Crippen molar-refractivity contribution in [2.75, 3.05) is 23.3 Å². The highest BCUT2D eigenvalue weighted by Gasteiger charge is 2.13. The van der Waals surface area contributed by atoms with Crippen LogP contribution in [0, 0.1) is 0 Å². The minimum atomic E-state index is -0.175. The highest BCUT2D eigenvalue weighted by Crippen LogP contribution is 2.19. The van der Waals surface area contributed by atoms with E-state index >= 15 is 0 Å². The highest BCUT2D eigenvalue weighted by molar-refractivity contribution is 9.10. The predicted molar refractivity (Wildman–Crippen MR) is 82.1 cm³/mol. The van der Waals surface area contributed by atoms with Gasteiger partial charge in [0, 0.05) is 23.8 Å². The summed E-state index contributed by atoms with van der Waals surface area (Å²) >= 11 is 3.30. The lowest BCUT2D eigenvalue weighted by molar-refractivity contribution is 0.102. The molecular weight excluding hydrogens is 320 g/mol. The Hall–Kier alpha value is -1.82. The summed E-state index contributed by atoms with van der Waals surface area (Å²) in [6.07, 6.45) is 5.87. The van der Waals surface area contributed by atoms with E-state index in [9.17, 15) is 4.79 Å². The summed E-state index contributed by atoms with van der Waals surface area (Å²) < 4.78 is 0.852. The van der Waals surface area contributed by atoms with Crippen LogP contribution >= 0.6 is 15.9 Å². The zero-order chi connectivity index (χ0) is 13.9. The van der Waals surface area contributed by atoms with Gasteiger partial charge >= 0.3 is 0 Å². The van der Waals surface area contributed by atoms with Crippen molar-refractivity contribution in [1.29, 1.82) is 0 Å². The van der Waals surface area contributed by atoms with E-state index < -0.39 is 0 Å². The number of carbonyl (C=O) groups excluding carboxylic acids is 1. The number of rotatable bonds is 3. The van der Waals surface area contributed by atoms with E-state index in [0.717, 1.165) is 23.4 Å². The van der Waals surface area contributed by atoms with Crippen LogP contribution in [0.25, 0.3) is 0 Å². The standard InChI is InChI=1S/C14H15BrN4O/c15-10-7-12(16-8-10)14(20)18-11-3-4-13(17-9-11)19-5-1-2-6-19/h3-4,7-9,16H,1-2,5-6H2,(H,18,20). The maximum Gasteiger partial charge on any atom is 0.272 e. The fourth-order valence-corrected chi connectivity index (χ4v) is 2.63. The van der Waals surface area contributed by atoms with E-state index in [-0.39, 0.29) is 5.91 Å². The first kappa shape index (κ1) is 13.2. The first-order valence-electron chi connectivity index (χ1n) is 6.59. The monoisotopic (exact) mass is 334 g/mol. The number of aromatic amines is 1. The van der Waals surface area contributed by atoms with E-state index in [4.69, 9.17) is 0 Å². The van der Waals surface area contributed by atoms with Gasteiger partial charge in [-0.15, -0.1) is 0 Å². The molecule has 1 saturated heterocycles. The largest absolute Gasteiger partial charge is 0.357 e. The van der Waals surface area contributed by atoms with Crippen LogP contribution in [0.15, 0.2) is 35.1 Å². The molecule has 0 aromatic carbocycles. The second-order valence-electron chi connectivity index (χ2n) is 4.78. The molecule has 0 atom stereocenters. The molecule has 104 valence electrons. The van der Waals surface area contributed by atoms with Crippen molar-refractivity contribution in [3.63, 3.8) is 0 Å². The second-order valence-corrected chi connectivity index (χ2v) is 5.70. The van der Waals surface area contributed by atoms with E-state index in [1.54, 1.807) is 18.5 Å². The molecule has 2 aromatic rings. The Kier molecular flexibility index (Phi) is 3.73. The summed E-state index contributed by atoms with van der Waals surface area (Å²) in [4.78, 5) is 21.5. The van der Waals surface area contributed by atoms with Gasteiger partial charge < -0.3 is 15.2 Å². The molecule has 1 amide bonds. The third-order valence-electron chi connectivity index (χ3n) is 3.33. The van der Waals surface area contributed by atoms with Crippen LogP contribution < -0.4 is 10.2 Å². The SMILES string of the molecule is O=C(Nc1ccc(N2CCCC2)nc1)c1cc(Br)c[nH]1. The molecule has 0 radical (unpaired) electrons. The molecule has 3 heterocycles. The van der Waals surface area contributed by atoms with Crippen molar-refractivity contribution >= 4 is 33.3 Å². The molecule has 2 aromatic heterocycles. The van der Waals surface area contributed by atoms with Crippen molar-refractivity contribution in [3.05, 3.63) is 40.8 Å². The van der Waals surface area contributed by atoms with E-state index in [1.165, 1.54) is 12.8 Å². The number of hydrogen-bond acceptors (Lipinski definition) is 3. The van der Waals surface area contributed by atoms with Crippen LogP contribution in [0.3, 0.4) is 0 Å². The third-order valence-corrected chi connectivity index (χ3v) is 3.79. The summed E-state index contributed by atoms with van der Waals surface area (Å²) in [5.74, 6) is 0.800. The van der Waals surface area contributed by atoms with E-state index in [1.807, 2.05) is 12.1 Å². The number of hydrogen-bond donors (Lipinski definition) is 2. The molecule has 1 fully saturated rings. The van der Waals surface area contributed by atoms with Crippen molar-refractivity contribution in [1.82, 2.24) is 9.97 Å². The van der Waals surface area contributed by atoms with Crippen LogP contribution in [0.2, 0.25) is 0 Å². The molecule has 0 saturated carbocycles. The predicted octanol–water partition coefficient (Wildman–Crippen LogP) is 3.02. The van der Waals surface area contributed by atoms with Gasteiger partial charge in [-0.1, -0.05) is 0 Å². The normalized spacial score (nSPS) is 14.6. The Balaban J connectivity index is 1.67. The first-order valence-corrected chi connectivity index (χ1v) is 7.38. The molecule has 6 heteroatoms. The summed E-state index contributed by atoms with van der Waals surface area (Å²) in [7, 11) is 0. The molecule has 0 aliphatic carbocycles. The minimum Gasteiger partial charge on any atom is -0.357 e. The van der Waals surface area contributed by atoms with Crippen molar-refractivity contribution in [3.8, 4) is 0 Å². The molecule has 20 heavy (non-hydrogen) atoms. The van der Waals surface area contributed by atoms with Gasteiger partial charge in [-0.25, -0.2) is 4.98 Å². The van der Waals surface area contributed by atoms with Gasteiger partial charge in [-0.3, -0.25) is 4.79 Å². The smallest absolute Gasteiger partial charge is 0.272 e. The van der Waals surface area contributed by atoms with Crippen molar-refractivity contribution in [2.45, 2.75) is 12.8 Å². The Labute approximate surface area is 125 Å². The zero-order valence-electron chi connectivity index (χ0n) is 10.9. The fraction of sp³-hybridized carbons (Fsp3) is 0.286. The Morgan fingerprint density at radius 2 is 2.15 bits per heavy atom. The number of aromatic nitrogens is 2. The molecule has 5 nitrogen and oxygen atoms in total. The Morgan fingerprint density at radius 3 is 2.75 bits per heavy atom. The lowest BCUT2D eigenvalue weighted by atomic mass is 10.3. The zero-order valence-corrected chi connectivity index (χ0v) is 12.5. The van der Waals surface area contributed by atoms with Gasteiger partial charge in [0.1, 0.15) is 11.5 Å². The highest BCUT2D eigenvalue weighted by atomic mass is 79.9. The summed E-state index contributed by atoms with van der Waals surface area (Å²) in [6, 6.07) is 5.57. The molecule has 2 N–H and O–H groups in total. The maximum atomic E-state index is 12.0. The quantitative estimate of drug-likeness (QED) is 0.906.